The molecular formula is C12H19NSi. The maximum absolute atomic E-state index is 3.75. The van der Waals surface area contributed by atoms with Gasteiger partial charge < -0.3 is 4.57 Å². The van der Waals surface area contributed by atoms with Crippen LogP contribution in [0, 0.1) is 0 Å². The largest absolute Gasteiger partial charge is 0.325 e. The summed E-state index contributed by atoms with van der Waals surface area (Å²) in [5.74, 6) is 0. The molecule has 0 saturated heterocycles. The molecule has 1 aromatic rings. The van der Waals surface area contributed by atoms with Crippen molar-refractivity contribution in [3.63, 3.8) is 0 Å². The minimum Gasteiger partial charge on any atom is -0.325 e. The molecule has 0 bridgehead atoms. The maximum Gasteiger partial charge on any atom is 0.127 e. The number of nitrogens with zero attached hydrogens (tertiary/aromatic N) is 1. The van der Waals surface area contributed by atoms with Crippen LogP contribution in [0.4, 0.5) is 0 Å². The number of rotatable bonds is 5. The summed E-state index contributed by atoms with van der Waals surface area (Å²) in [6.07, 6.45) is 1.89. The monoisotopic (exact) mass is 205 g/mol. The molecule has 0 atom stereocenters. The Bertz CT molecular complexity index is 275. The van der Waals surface area contributed by atoms with Gasteiger partial charge in [0.25, 0.3) is 0 Å². The van der Waals surface area contributed by atoms with E-state index in [2.05, 4.69) is 49.3 Å². The minimum atomic E-state index is -0.222. The first-order chi connectivity index (χ1) is 6.80. The Labute approximate surface area is 89.3 Å². The third-order valence-corrected chi connectivity index (χ3v) is 4.69. The zero-order valence-corrected chi connectivity index (χ0v) is 10.6. The van der Waals surface area contributed by atoms with Crippen molar-refractivity contribution in [1.29, 1.82) is 0 Å². The zero-order chi connectivity index (χ0) is 10.4. The van der Waals surface area contributed by atoms with Gasteiger partial charge in [-0.25, -0.2) is 0 Å². The summed E-state index contributed by atoms with van der Waals surface area (Å²) < 4.78 is 2.54. The predicted molar refractivity (Wildman–Crippen MR) is 67.6 cm³/mol. The molecule has 0 fully saturated rings. The summed E-state index contributed by atoms with van der Waals surface area (Å²) >= 11 is 0. The van der Waals surface area contributed by atoms with Gasteiger partial charge in [0.1, 0.15) is 9.68 Å². The highest BCUT2D eigenvalue weighted by Crippen LogP contribution is 1.97. The van der Waals surface area contributed by atoms with Crippen LogP contribution in [-0.4, -0.2) is 27.3 Å². The standard InChI is InChI=1S/C12H19NSi/c1-4-11-7-9-12(10-8-11)14-13(5-2)6-3/h4,7-10H,1,5-6,14H2,2-3H3. The minimum absolute atomic E-state index is 0.222. The van der Waals surface area contributed by atoms with Crippen molar-refractivity contribution >= 4 is 20.9 Å². The Balaban J connectivity index is 2.63. The van der Waals surface area contributed by atoms with Crippen molar-refractivity contribution in [1.82, 2.24) is 4.57 Å². The molecule has 0 aliphatic carbocycles. The lowest BCUT2D eigenvalue weighted by atomic mass is 10.2. The van der Waals surface area contributed by atoms with Crippen LogP contribution in [0.25, 0.3) is 6.08 Å². The van der Waals surface area contributed by atoms with Crippen LogP contribution < -0.4 is 5.19 Å². The normalized spacial score (nSPS) is 11.4. The molecule has 0 N–H and O–H groups in total. The molecule has 0 saturated carbocycles. The Morgan fingerprint density at radius 2 is 1.79 bits per heavy atom. The van der Waals surface area contributed by atoms with E-state index in [0.717, 1.165) is 0 Å². The second kappa shape index (κ2) is 5.78. The zero-order valence-electron chi connectivity index (χ0n) is 9.16. The first-order valence-electron chi connectivity index (χ1n) is 5.23. The van der Waals surface area contributed by atoms with Gasteiger partial charge in [0.15, 0.2) is 0 Å². The van der Waals surface area contributed by atoms with Gasteiger partial charge in [0, 0.05) is 0 Å². The highest BCUT2D eigenvalue weighted by Gasteiger charge is 2.00. The Morgan fingerprint density at radius 1 is 1.21 bits per heavy atom. The summed E-state index contributed by atoms with van der Waals surface area (Å²) in [6, 6.07) is 8.78. The maximum atomic E-state index is 3.75. The first kappa shape index (κ1) is 11.2. The van der Waals surface area contributed by atoms with Crippen molar-refractivity contribution in [2.45, 2.75) is 13.8 Å². The number of hydrogen-bond acceptors (Lipinski definition) is 1. The quantitative estimate of drug-likeness (QED) is 0.657. The van der Waals surface area contributed by atoms with Gasteiger partial charge in [-0.15, -0.1) is 0 Å². The lowest BCUT2D eigenvalue weighted by Crippen LogP contribution is -2.35. The van der Waals surface area contributed by atoms with E-state index >= 15 is 0 Å². The number of benzene rings is 1. The summed E-state index contributed by atoms with van der Waals surface area (Å²) in [6.45, 7) is 10.6. The second-order valence-electron chi connectivity index (χ2n) is 3.41. The van der Waals surface area contributed by atoms with Gasteiger partial charge >= 0.3 is 0 Å². The SMILES string of the molecule is C=Cc1ccc([SiH2]N(CC)CC)cc1. The van der Waals surface area contributed by atoms with Crippen LogP contribution in [0.15, 0.2) is 30.8 Å². The van der Waals surface area contributed by atoms with Crippen molar-refractivity contribution in [2.24, 2.45) is 0 Å². The molecule has 1 aromatic carbocycles. The van der Waals surface area contributed by atoms with Crippen LogP contribution in [0.1, 0.15) is 19.4 Å². The van der Waals surface area contributed by atoms with E-state index in [4.69, 9.17) is 0 Å². The van der Waals surface area contributed by atoms with Crippen molar-refractivity contribution in [3.05, 3.63) is 36.4 Å². The van der Waals surface area contributed by atoms with E-state index in [9.17, 15) is 0 Å². The van der Waals surface area contributed by atoms with Crippen LogP contribution >= 0.6 is 0 Å². The van der Waals surface area contributed by atoms with E-state index < -0.39 is 0 Å². The lowest BCUT2D eigenvalue weighted by Gasteiger charge is -2.17. The molecule has 0 amide bonds. The van der Waals surface area contributed by atoms with Gasteiger partial charge in [-0.3, -0.25) is 0 Å². The van der Waals surface area contributed by atoms with Gasteiger partial charge in [0.2, 0.25) is 0 Å². The fraction of sp³-hybridized carbons (Fsp3) is 0.333. The van der Waals surface area contributed by atoms with Gasteiger partial charge in [0.05, 0.1) is 0 Å². The number of hydrogen-bond donors (Lipinski definition) is 0. The van der Waals surface area contributed by atoms with Crippen LogP contribution in [0.2, 0.25) is 0 Å². The van der Waals surface area contributed by atoms with E-state index in [1.54, 1.807) is 0 Å². The third-order valence-electron chi connectivity index (χ3n) is 2.52. The van der Waals surface area contributed by atoms with Crippen LogP contribution in [0.3, 0.4) is 0 Å². The van der Waals surface area contributed by atoms with E-state index in [-0.39, 0.29) is 9.68 Å². The van der Waals surface area contributed by atoms with Crippen LogP contribution in [0.5, 0.6) is 0 Å². The van der Waals surface area contributed by atoms with Crippen molar-refractivity contribution in [3.8, 4) is 0 Å². The van der Waals surface area contributed by atoms with E-state index in [1.807, 2.05) is 6.08 Å². The topological polar surface area (TPSA) is 3.24 Å². The molecule has 0 spiro atoms. The molecule has 0 radical (unpaired) electrons. The molecule has 1 nitrogen and oxygen atoms in total. The van der Waals surface area contributed by atoms with E-state index in [0.29, 0.717) is 0 Å². The Hall–Kier alpha value is -0.863. The van der Waals surface area contributed by atoms with Crippen molar-refractivity contribution in [2.75, 3.05) is 13.1 Å². The average molecular weight is 205 g/mol. The van der Waals surface area contributed by atoms with E-state index in [1.165, 1.54) is 23.8 Å². The highest BCUT2D eigenvalue weighted by molar-refractivity contribution is 6.50. The average Bonchev–Trinajstić information content (AvgIpc) is 2.26. The third kappa shape index (κ3) is 3.12. The van der Waals surface area contributed by atoms with Gasteiger partial charge in [-0.1, -0.05) is 50.8 Å². The molecule has 76 valence electrons. The highest BCUT2D eigenvalue weighted by atomic mass is 28.2. The summed E-state index contributed by atoms with van der Waals surface area (Å²) in [5, 5.41) is 1.51. The molecule has 14 heavy (non-hydrogen) atoms. The van der Waals surface area contributed by atoms with Crippen LogP contribution in [-0.2, 0) is 0 Å². The lowest BCUT2D eigenvalue weighted by molar-refractivity contribution is 0.498. The summed E-state index contributed by atoms with van der Waals surface area (Å²) in [4.78, 5) is 0. The molecule has 0 aliphatic rings. The van der Waals surface area contributed by atoms with Crippen molar-refractivity contribution < 1.29 is 0 Å². The summed E-state index contributed by atoms with van der Waals surface area (Å²) in [7, 11) is -0.222. The summed E-state index contributed by atoms with van der Waals surface area (Å²) in [5.41, 5.74) is 1.21. The molecule has 0 aromatic heterocycles. The van der Waals surface area contributed by atoms with Gasteiger partial charge in [-0.2, -0.15) is 0 Å². The molecular weight excluding hydrogens is 186 g/mol. The molecule has 2 heteroatoms. The second-order valence-corrected chi connectivity index (χ2v) is 5.43. The molecule has 0 aliphatic heterocycles. The predicted octanol–water partition coefficient (Wildman–Crippen LogP) is 1.38. The smallest absolute Gasteiger partial charge is 0.127 e. The fourth-order valence-corrected chi connectivity index (χ4v) is 2.87. The fourth-order valence-electron chi connectivity index (χ4n) is 1.46. The molecule has 0 unspecified atom stereocenters. The molecule has 0 heterocycles. The molecule has 1 rings (SSSR count). The van der Waals surface area contributed by atoms with Gasteiger partial charge in [-0.05, 0) is 23.8 Å². The first-order valence-corrected chi connectivity index (χ1v) is 6.57. The Morgan fingerprint density at radius 3 is 2.21 bits per heavy atom. The Kier molecular flexibility index (Phi) is 4.63.